The summed E-state index contributed by atoms with van der Waals surface area (Å²) in [6.07, 6.45) is 6.52. The van der Waals surface area contributed by atoms with Crippen molar-refractivity contribution in [3.05, 3.63) is 82.0 Å². The van der Waals surface area contributed by atoms with Gasteiger partial charge < -0.3 is 8.83 Å². The zero-order valence-corrected chi connectivity index (χ0v) is 18.1. The predicted molar refractivity (Wildman–Crippen MR) is 122 cm³/mol. The molecule has 160 valence electrons. The second-order valence-corrected chi connectivity index (χ2v) is 8.82. The quantitative estimate of drug-likeness (QED) is 0.443. The lowest BCUT2D eigenvalue weighted by atomic mass is 9.81. The van der Waals surface area contributed by atoms with Gasteiger partial charge in [-0.3, -0.25) is 9.88 Å². The van der Waals surface area contributed by atoms with Crippen LogP contribution in [0.15, 0.2) is 68.4 Å². The third-order valence-electron chi connectivity index (χ3n) is 6.73. The van der Waals surface area contributed by atoms with Crippen LogP contribution in [0.4, 0.5) is 0 Å². The largest absolute Gasteiger partial charge is 0.464 e. The Morgan fingerprint density at radius 1 is 1.06 bits per heavy atom. The minimum absolute atomic E-state index is 0.387. The summed E-state index contributed by atoms with van der Waals surface area (Å²) in [7, 11) is 2.21. The first-order valence-electron chi connectivity index (χ1n) is 11.0. The molecule has 1 N–H and O–H groups in total. The van der Waals surface area contributed by atoms with E-state index >= 15 is 0 Å². The van der Waals surface area contributed by atoms with Crippen LogP contribution < -0.4 is 5.76 Å². The van der Waals surface area contributed by atoms with Crippen LogP contribution in [0.2, 0.25) is 0 Å². The third kappa shape index (κ3) is 4.10. The number of nitrogens with zero attached hydrogens (tertiary/aromatic N) is 1. The summed E-state index contributed by atoms with van der Waals surface area (Å²) in [6.45, 7) is 3.01. The van der Waals surface area contributed by atoms with E-state index < -0.39 is 0 Å². The predicted octanol–water partition coefficient (Wildman–Crippen LogP) is 5.85. The van der Waals surface area contributed by atoms with Gasteiger partial charge in [0.05, 0.1) is 11.8 Å². The van der Waals surface area contributed by atoms with Gasteiger partial charge in [-0.15, -0.1) is 0 Å². The highest BCUT2D eigenvalue weighted by atomic mass is 16.4. The lowest BCUT2D eigenvalue weighted by Gasteiger charge is -2.34. The molecule has 31 heavy (non-hydrogen) atoms. The molecule has 2 aromatic heterocycles. The first-order valence-corrected chi connectivity index (χ1v) is 11.0. The number of aromatic nitrogens is 1. The molecular weight excluding hydrogens is 388 g/mol. The molecule has 0 saturated heterocycles. The van der Waals surface area contributed by atoms with Gasteiger partial charge in [-0.05, 0) is 74.9 Å². The number of hydrogen-bond acceptors (Lipinski definition) is 4. The van der Waals surface area contributed by atoms with Crippen molar-refractivity contribution in [2.24, 2.45) is 0 Å². The summed E-state index contributed by atoms with van der Waals surface area (Å²) in [5, 5.41) is 0. The second-order valence-electron chi connectivity index (χ2n) is 8.82. The van der Waals surface area contributed by atoms with Crippen molar-refractivity contribution in [3.8, 4) is 11.3 Å². The van der Waals surface area contributed by atoms with Crippen LogP contribution in [-0.4, -0.2) is 23.0 Å². The van der Waals surface area contributed by atoms with Gasteiger partial charge in [-0.1, -0.05) is 30.3 Å². The molecule has 1 aliphatic carbocycles. The van der Waals surface area contributed by atoms with Crippen LogP contribution in [0.25, 0.3) is 22.4 Å². The zero-order chi connectivity index (χ0) is 21.4. The fourth-order valence-corrected chi connectivity index (χ4v) is 4.93. The van der Waals surface area contributed by atoms with E-state index in [2.05, 4.69) is 60.3 Å². The van der Waals surface area contributed by atoms with Gasteiger partial charge >= 0.3 is 5.76 Å². The van der Waals surface area contributed by atoms with Gasteiger partial charge in [0.15, 0.2) is 5.58 Å². The van der Waals surface area contributed by atoms with Crippen LogP contribution >= 0.6 is 0 Å². The summed E-state index contributed by atoms with van der Waals surface area (Å²) in [6, 6.07) is 17.2. The van der Waals surface area contributed by atoms with Gasteiger partial charge in [-0.25, -0.2) is 4.79 Å². The Kier molecular flexibility index (Phi) is 5.28. The first kappa shape index (κ1) is 19.9. The van der Waals surface area contributed by atoms with E-state index in [9.17, 15) is 4.79 Å². The monoisotopic (exact) mass is 416 g/mol. The lowest BCUT2D eigenvalue weighted by molar-refractivity contribution is 0.175. The number of oxazole rings is 1. The number of hydrogen-bond donors (Lipinski definition) is 1. The Morgan fingerprint density at radius 3 is 2.68 bits per heavy atom. The van der Waals surface area contributed by atoms with Gasteiger partial charge in [-0.2, -0.15) is 0 Å². The maximum Gasteiger partial charge on any atom is 0.417 e. The summed E-state index contributed by atoms with van der Waals surface area (Å²) in [5.74, 6) is 1.08. The molecule has 1 fully saturated rings. The Morgan fingerprint density at radius 2 is 1.87 bits per heavy atom. The van der Waals surface area contributed by atoms with E-state index in [1.165, 1.54) is 29.5 Å². The summed E-state index contributed by atoms with van der Waals surface area (Å²) in [5.41, 5.74) is 6.31. The smallest absolute Gasteiger partial charge is 0.417 e. The SMILES string of the molecule is Cc1ccccc1-c1cc(CN(C)C2CCC(c3ccc4[nH]c(=O)oc4c3)CC2)co1. The summed E-state index contributed by atoms with van der Waals surface area (Å²) >= 11 is 0. The second kappa shape index (κ2) is 8.23. The molecule has 5 heteroatoms. The maximum absolute atomic E-state index is 11.4. The van der Waals surface area contributed by atoms with E-state index in [1.807, 2.05) is 18.4 Å². The minimum Gasteiger partial charge on any atom is -0.464 e. The molecular formula is C26H28N2O3. The van der Waals surface area contributed by atoms with Crippen molar-refractivity contribution in [1.82, 2.24) is 9.88 Å². The Bertz CT molecular complexity index is 1240. The minimum atomic E-state index is -0.387. The van der Waals surface area contributed by atoms with Crippen molar-refractivity contribution in [2.75, 3.05) is 7.05 Å². The number of nitrogens with one attached hydrogen (secondary N) is 1. The van der Waals surface area contributed by atoms with Crippen molar-refractivity contribution in [2.45, 2.75) is 51.1 Å². The van der Waals surface area contributed by atoms with E-state index in [0.29, 0.717) is 17.5 Å². The van der Waals surface area contributed by atoms with Gasteiger partial charge in [0.2, 0.25) is 0 Å². The van der Waals surface area contributed by atoms with E-state index in [4.69, 9.17) is 8.83 Å². The fraction of sp³-hybridized carbons (Fsp3) is 0.346. The number of aryl methyl sites for hydroxylation is 1. The number of fused-ring (bicyclic) bond motifs is 1. The topological polar surface area (TPSA) is 62.4 Å². The van der Waals surface area contributed by atoms with Crippen molar-refractivity contribution in [1.29, 1.82) is 0 Å². The Balaban J connectivity index is 1.20. The summed E-state index contributed by atoms with van der Waals surface area (Å²) in [4.78, 5) is 16.6. The molecule has 5 rings (SSSR count). The van der Waals surface area contributed by atoms with E-state index in [-0.39, 0.29) is 5.76 Å². The molecule has 0 spiro atoms. The van der Waals surface area contributed by atoms with Crippen LogP contribution in [0.5, 0.6) is 0 Å². The van der Waals surface area contributed by atoms with Crippen molar-refractivity contribution >= 4 is 11.1 Å². The molecule has 1 aliphatic rings. The molecule has 0 aliphatic heterocycles. The number of rotatable bonds is 5. The normalized spacial score (nSPS) is 19.3. The van der Waals surface area contributed by atoms with Crippen LogP contribution in [0.3, 0.4) is 0 Å². The molecule has 1 saturated carbocycles. The Labute approximate surface area is 181 Å². The van der Waals surface area contributed by atoms with Crippen LogP contribution in [-0.2, 0) is 6.54 Å². The Hall–Kier alpha value is -3.05. The maximum atomic E-state index is 11.4. The summed E-state index contributed by atoms with van der Waals surface area (Å²) < 4.78 is 11.1. The number of H-pyrrole nitrogens is 1. The number of aromatic amines is 1. The van der Waals surface area contributed by atoms with Gasteiger partial charge in [0.1, 0.15) is 5.76 Å². The van der Waals surface area contributed by atoms with E-state index in [0.717, 1.165) is 36.2 Å². The fourth-order valence-electron chi connectivity index (χ4n) is 4.93. The van der Waals surface area contributed by atoms with Crippen LogP contribution in [0, 0.1) is 6.92 Å². The molecule has 5 nitrogen and oxygen atoms in total. The molecule has 0 atom stereocenters. The molecule has 0 bridgehead atoms. The molecule has 0 unspecified atom stereocenters. The van der Waals surface area contributed by atoms with Gasteiger partial charge in [0, 0.05) is 23.7 Å². The van der Waals surface area contributed by atoms with E-state index in [1.54, 1.807) is 0 Å². The molecule has 4 aromatic rings. The van der Waals surface area contributed by atoms with Crippen molar-refractivity contribution < 1.29 is 8.83 Å². The third-order valence-corrected chi connectivity index (χ3v) is 6.73. The average Bonchev–Trinajstić information content (AvgIpc) is 3.39. The van der Waals surface area contributed by atoms with Crippen LogP contribution in [0.1, 0.15) is 48.3 Å². The molecule has 0 amide bonds. The van der Waals surface area contributed by atoms with Gasteiger partial charge in [0.25, 0.3) is 0 Å². The average molecular weight is 417 g/mol. The molecule has 2 aromatic carbocycles. The lowest BCUT2D eigenvalue weighted by Crippen LogP contribution is -2.34. The number of benzene rings is 2. The highest BCUT2D eigenvalue weighted by molar-refractivity contribution is 5.73. The molecule has 0 radical (unpaired) electrons. The zero-order valence-electron chi connectivity index (χ0n) is 18.1. The highest BCUT2D eigenvalue weighted by Gasteiger charge is 2.25. The standard InChI is InChI=1S/C26H28N2O3/c1-17-5-3-4-6-22(17)24-13-18(16-30-24)15-28(2)21-10-7-19(8-11-21)20-9-12-23-25(14-20)31-26(29)27-23/h3-6,9,12-14,16,19,21H,7-8,10-11,15H2,1-2H3,(H,27,29). The highest BCUT2D eigenvalue weighted by Crippen LogP contribution is 2.36. The number of furan rings is 1. The molecule has 2 heterocycles. The first-order chi connectivity index (χ1) is 15.1. The van der Waals surface area contributed by atoms with Crippen molar-refractivity contribution in [3.63, 3.8) is 0 Å².